The van der Waals surface area contributed by atoms with E-state index in [1.165, 1.54) is 13.0 Å². The second kappa shape index (κ2) is 8.64. The lowest BCUT2D eigenvalue weighted by molar-refractivity contribution is -0.114. The fraction of sp³-hybridized carbons (Fsp3) is 0.158. The zero-order valence-corrected chi connectivity index (χ0v) is 13.5. The summed E-state index contributed by atoms with van der Waals surface area (Å²) < 4.78 is 0. The van der Waals surface area contributed by atoms with E-state index >= 15 is 0 Å². The number of hydrogen-bond acceptors (Lipinski definition) is 3. The molecule has 0 aromatic heterocycles. The van der Waals surface area contributed by atoms with Crippen molar-refractivity contribution in [2.75, 3.05) is 17.2 Å². The number of anilines is 2. The highest BCUT2D eigenvalue weighted by atomic mass is 16.3. The standard InChI is InChI=1S/C19H20N2O3/c1-14(23)20-17-7-2-15(3-8-17)6-11-19(24)21-18-9-4-16(5-10-18)12-13-22/h2-11,22H,12-13H2,1H3,(H,20,23)(H,21,24). The molecule has 0 saturated heterocycles. The van der Waals surface area contributed by atoms with Gasteiger partial charge in [0.25, 0.3) is 0 Å². The third-order valence-corrected chi connectivity index (χ3v) is 3.28. The third kappa shape index (κ3) is 5.70. The molecule has 3 N–H and O–H groups in total. The molecule has 0 bridgehead atoms. The Morgan fingerprint density at radius 1 is 0.958 bits per heavy atom. The van der Waals surface area contributed by atoms with Gasteiger partial charge in [-0.25, -0.2) is 0 Å². The number of hydrogen-bond donors (Lipinski definition) is 3. The van der Waals surface area contributed by atoms with Crippen molar-refractivity contribution in [3.63, 3.8) is 0 Å². The summed E-state index contributed by atoms with van der Waals surface area (Å²) in [6, 6.07) is 14.5. The maximum atomic E-state index is 11.9. The molecule has 0 radical (unpaired) electrons. The van der Waals surface area contributed by atoms with Crippen LogP contribution in [0.1, 0.15) is 18.1 Å². The summed E-state index contributed by atoms with van der Waals surface area (Å²) in [4.78, 5) is 22.9. The molecule has 0 aliphatic carbocycles. The van der Waals surface area contributed by atoms with Gasteiger partial charge in [-0.1, -0.05) is 24.3 Å². The smallest absolute Gasteiger partial charge is 0.248 e. The van der Waals surface area contributed by atoms with Crippen molar-refractivity contribution < 1.29 is 14.7 Å². The molecule has 2 aromatic carbocycles. The average molecular weight is 324 g/mol. The SMILES string of the molecule is CC(=O)Nc1ccc(C=CC(=O)Nc2ccc(CCO)cc2)cc1. The summed E-state index contributed by atoms with van der Waals surface area (Å²) in [5.74, 6) is -0.349. The average Bonchev–Trinajstić information content (AvgIpc) is 2.56. The molecule has 0 atom stereocenters. The van der Waals surface area contributed by atoms with Crippen LogP contribution in [0.25, 0.3) is 6.08 Å². The second-order valence-electron chi connectivity index (χ2n) is 5.30. The van der Waals surface area contributed by atoms with Gasteiger partial charge in [0.2, 0.25) is 11.8 Å². The fourth-order valence-corrected chi connectivity index (χ4v) is 2.12. The van der Waals surface area contributed by atoms with Gasteiger partial charge in [-0.15, -0.1) is 0 Å². The molecule has 0 spiro atoms. The molecule has 5 heteroatoms. The highest BCUT2D eigenvalue weighted by Crippen LogP contribution is 2.12. The predicted octanol–water partition coefficient (Wildman–Crippen LogP) is 2.83. The first kappa shape index (κ1) is 17.4. The van der Waals surface area contributed by atoms with E-state index in [0.717, 1.165) is 11.1 Å². The van der Waals surface area contributed by atoms with Crippen molar-refractivity contribution in [2.24, 2.45) is 0 Å². The maximum Gasteiger partial charge on any atom is 0.248 e. The Kier molecular flexibility index (Phi) is 6.28. The quantitative estimate of drug-likeness (QED) is 0.715. The Bertz CT molecular complexity index is 719. The van der Waals surface area contributed by atoms with Crippen molar-refractivity contribution >= 4 is 29.3 Å². The summed E-state index contributed by atoms with van der Waals surface area (Å²) in [6.45, 7) is 1.56. The lowest BCUT2D eigenvalue weighted by atomic mass is 10.1. The van der Waals surface area contributed by atoms with E-state index in [4.69, 9.17) is 5.11 Å². The van der Waals surface area contributed by atoms with Crippen LogP contribution in [0.5, 0.6) is 0 Å². The van der Waals surface area contributed by atoms with Crippen molar-refractivity contribution in [3.05, 3.63) is 65.7 Å². The van der Waals surface area contributed by atoms with Crippen molar-refractivity contribution in [2.45, 2.75) is 13.3 Å². The van der Waals surface area contributed by atoms with Gasteiger partial charge < -0.3 is 15.7 Å². The minimum atomic E-state index is -0.226. The molecule has 0 aliphatic heterocycles. The topological polar surface area (TPSA) is 78.4 Å². The molecule has 0 aliphatic rings. The van der Waals surface area contributed by atoms with E-state index < -0.39 is 0 Å². The summed E-state index contributed by atoms with van der Waals surface area (Å²) in [6.07, 6.45) is 3.75. The zero-order chi connectivity index (χ0) is 17.4. The molecule has 2 rings (SSSR count). The molecule has 24 heavy (non-hydrogen) atoms. The summed E-state index contributed by atoms with van der Waals surface area (Å²) in [5.41, 5.74) is 3.29. The molecular weight excluding hydrogens is 304 g/mol. The summed E-state index contributed by atoms with van der Waals surface area (Å²) in [7, 11) is 0. The number of carbonyl (C=O) groups excluding carboxylic acids is 2. The number of nitrogens with one attached hydrogen (secondary N) is 2. The van der Waals surface area contributed by atoms with Crippen LogP contribution in [0.2, 0.25) is 0 Å². The van der Waals surface area contributed by atoms with E-state index in [1.54, 1.807) is 30.3 Å². The third-order valence-electron chi connectivity index (χ3n) is 3.28. The molecule has 124 valence electrons. The first-order chi connectivity index (χ1) is 11.6. The Morgan fingerprint density at radius 2 is 1.54 bits per heavy atom. The van der Waals surface area contributed by atoms with E-state index in [1.807, 2.05) is 24.3 Å². The Morgan fingerprint density at radius 3 is 2.12 bits per heavy atom. The first-order valence-corrected chi connectivity index (χ1v) is 7.63. The van der Waals surface area contributed by atoms with E-state index in [0.29, 0.717) is 17.8 Å². The monoisotopic (exact) mass is 324 g/mol. The normalized spacial score (nSPS) is 10.6. The van der Waals surface area contributed by atoms with Gasteiger partial charge in [-0.3, -0.25) is 9.59 Å². The van der Waals surface area contributed by atoms with Gasteiger partial charge in [0.05, 0.1) is 0 Å². The molecule has 0 fully saturated rings. The van der Waals surface area contributed by atoms with Crippen LogP contribution in [0.3, 0.4) is 0 Å². The summed E-state index contributed by atoms with van der Waals surface area (Å²) >= 11 is 0. The number of rotatable bonds is 6. The molecule has 0 heterocycles. The molecule has 2 amide bonds. The number of aliphatic hydroxyl groups is 1. The Hall–Kier alpha value is -2.92. The van der Waals surface area contributed by atoms with Crippen LogP contribution >= 0.6 is 0 Å². The first-order valence-electron chi connectivity index (χ1n) is 7.63. The van der Waals surface area contributed by atoms with Crippen molar-refractivity contribution in [1.29, 1.82) is 0 Å². The minimum Gasteiger partial charge on any atom is -0.396 e. The zero-order valence-electron chi connectivity index (χ0n) is 13.5. The molecule has 5 nitrogen and oxygen atoms in total. The van der Waals surface area contributed by atoms with E-state index in [-0.39, 0.29) is 18.4 Å². The molecule has 0 unspecified atom stereocenters. The molecule has 2 aromatic rings. The Balaban J connectivity index is 1.91. The number of aliphatic hydroxyl groups excluding tert-OH is 1. The highest BCUT2D eigenvalue weighted by molar-refractivity contribution is 6.02. The number of carbonyl (C=O) groups is 2. The molecular formula is C19H20N2O3. The van der Waals surface area contributed by atoms with Crippen molar-refractivity contribution in [1.82, 2.24) is 0 Å². The molecule has 0 saturated carbocycles. The van der Waals surface area contributed by atoms with Crippen LogP contribution in [0, 0.1) is 0 Å². The van der Waals surface area contributed by atoms with Crippen LogP contribution < -0.4 is 10.6 Å². The van der Waals surface area contributed by atoms with Gasteiger partial charge in [-0.2, -0.15) is 0 Å². The highest BCUT2D eigenvalue weighted by Gasteiger charge is 1.99. The Labute approximate surface area is 141 Å². The fourth-order valence-electron chi connectivity index (χ4n) is 2.12. The second-order valence-corrected chi connectivity index (χ2v) is 5.30. The lowest BCUT2D eigenvalue weighted by Gasteiger charge is -2.04. The maximum absolute atomic E-state index is 11.9. The summed E-state index contributed by atoms with van der Waals surface area (Å²) in [5, 5.41) is 14.3. The van der Waals surface area contributed by atoms with Crippen LogP contribution in [-0.2, 0) is 16.0 Å². The lowest BCUT2D eigenvalue weighted by Crippen LogP contribution is -2.07. The van der Waals surface area contributed by atoms with Gasteiger partial charge in [0.1, 0.15) is 0 Å². The van der Waals surface area contributed by atoms with E-state index in [2.05, 4.69) is 10.6 Å². The largest absolute Gasteiger partial charge is 0.396 e. The predicted molar refractivity (Wildman–Crippen MR) is 95.6 cm³/mol. The number of amides is 2. The van der Waals surface area contributed by atoms with Gasteiger partial charge in [0.15, 0.2) is 0 Å². The van der Waals surface area contributed by atoms with Crippen LogP contribution in [0.4, 0.5) is 11.4 Å². The minimum absolute atomic E-state index is 0.106. The van der Waals surface area contributed by atoms with Crippen LogP contribution in [0.15, 0.2) is 54.6 Å². The van der Waals surface area contributed by atoms with Crippen molar-refractivity contribution in [3.8, 4) is 0 Å². The number of benzene rings is 2. The van der Waals surface area contributed by atoms with E-state index in [9.17, 15) is 9.59 Å². The van der Waals surface area contributed by atoms with Crippen LogP contribution in [-0.4, -0.2) is 23.5 Å². The van der Waals surface area contributed by atoms with Gasteiger partial charge in [0, 0.05) is 31.0 Å². The van der Waals surface area contributed by atoms with Gasteiger partial charge in [-0.05, 0) is 47.9 Å². The van der Waals surface area contributed by atoms with Gasteiger partial charge >= 0.3 is 0 Å².